The van der Waals surface area contributed by atoms with Gasteiger partial charge in [-0.05, 0) is 44.9 Å². The molecule has 0 N–H and O–H groups in total. The van der Waals surface area contributed by atoms with Gasteiger partial charge in [0.1, 0.15) is 12.6 Å². The van der Waals surface area contributed by atoms with Crippen LogP contribution in [0.15, 0.2) is 24.3 Å². The maximum atomic E-state index is 12.6. The van der Waals surface area contributed by atoms with Crippen LogP contribution in [0, 0.1) is 0 Å². The Morgan fingerprint density at radius 2 is 1.06 bits per heavy atom. The summed E-state index contributed by atoms with van der Waals surface area (Å²) in [5.74, 6) is -1.75. The Morgan fingerprint density at radius 3 is 1.54 bits per heavy atom. The second-order valence-corrected chi connectivity index (χ2v) is 14.9. The molecule has 0 aromatic carbocycles. The summed E-state index contributed by atoms with van der Waals surface area (Å²) < 4.78 is 17.0. The van der Waals surface area contributed by atoms with Crippen LogP contribution in [0.25, 0.3) is 0 Å². The van der Waals surface area contributed by atoms with E-state index in [1.807, 2.05) is 0 Å². The van der Waals surface area contributed by atoms with Crippen molar-refractivity contribution in [3.05, 3.63) is 24.3 Å². The zero-order valence-corrected chi connectivity index (χ0v) is 33.1. The first-order valence-electron chi connectivity index (χ1n) is 20.4. The van der Waals surface area contributed by atoms with Crippen LogP contribution in [0.1, 0.15) is 174 Å². The summed E-state index contributed by atoms with van der Waals surface area (Å²) >= 11 is 0. The lowest BCUT2D eigenvalue weighted by Crippen LogP contribution is -2.55. The minimum absolute atomic E-state index is 0.0410. The molecule has 2 atom stereocenters. The van der Waals surface area contributed by atoms with Gasteiger partial charge in [0.25, 0.3) is 0 Å². The largest absolute Gasteiger partial charge is 0.544 e. The maximum Gasteiger partial charge on any atom is 0.306 e. The van der Waals surface area contributed by atoms with E-state index in [-0.39, 0.29) is 42.7 Å². The number of nitrogens with zero attached hydrogens (tertiary/aromatic N) is 1. The van der Waals surface area contributed by atoms with Crippen LogP contribution in [0.2, 0.25) is 0 Å². The summed E-state index contributed by atoms with van der Waals surface area (Å²) in [6.07, 6.45) is 35.2. The van der Waals surface area contributed by atoms with Gasteiger partial charge in [0, 0.05) is 19.3 Å². The van der Waals surface area contributed by atoms with E-state index in [0.29, 0.717) is 12.8 Å². The quantitative estimate of drug-likeness (QED) is 0.0277. The van der Waals surface area contributed by atoms with Crippen molar-refractivity contribution in [1.29, 1.82) is 0 Å². The second-order valence-electron chi connectivity index (χ2n) is 14.9. The van der Waals surface area contributed by atoms with E-state index in [1.165, 1.54) is 83.5 Å². The molecule has 8 heteroatoms. The number of quaternary nitrogens is 1. The molecule has 0 saturated carbocycles. The molecule has 0 radical (unpaired) electrons. The maximum absolute atomic E-state index is 12.6. The van der Waals surface area contributed by atoms with E-state index in [1.54, 1.807) is 21.1 Å². The van der Waals surface area contributed by atoms with Gasteiger partial charge < -0.3 is 28.6 Å². The number of rotatable bonds is 36. The average Bonchev–Trinajstić information content (AvgIpc) is 3.06. The SMILES string of the molecule is CCCCCCC/C=C\C/C=C\CCCCCCCCCCCC(=O)OC(COCCC(C(=O)[O-])[N+](C)(C)C)COC(=O)CCCCCCC. The molecule has 0 fully saturated rings. The highest BCUT2D eigenvalue weighted by Gasteiger charge is 2.25. The highest BCUT2D eigenvalue weighted by atomic mass is 16.6. The Kier molecular flexibility index (Phi) is 32.4. The number of allylic oxidation sites excluding steroid dienone is 4. The van der Waals surface area contributed by atoms with Crippen molar-refractivity contribution in [1.82, 2.24) is 0 Å². The first-order chi connectivity index (χ1) is 24.1. The number of carbonyl (C=O) groups excluding carboxylic acids is 3. The second kappa shape index (κ2) is 33.9. The zero-order chi connectivity index (χ0) is 37.1. The van der Waals surface area contributed by atoms with Gasteiger partial charge in [0.05, 0.1) is 40.3 Å². The summed E-state index contributed by atoms with van der Waals surface area (Å²) in [6.45, 7) is 4.56. The normalized spacial score (nSPS) is 13.2. The summed E-state index contributed by atoms with van der Waals surface area (Å²) in [5.41, 5.74) is 0. The molecular weight excluding hydrogens is 630 g/mol. The van der Waals surface area contributed by atoms with Crippen molar-refractivity contribution in [2.45, 2.75) is 187 Å². The number of esters is 2. The van der Waals surface area contributed by atoms with Gasteiger partial charge in [-0.1, -0.05) is 134 Å². The molecule has 0 aliphatic carbocycles. The van der Waals surface area contributed by atoms with Gasteiger partial charge in [-0.25, -0.2) is 0 Å². The van der Waals surface area contributed by atoms with Gasteiger partial charge >= 0.3 is 11.9 Å². The molecule has 0 heterocycles. The molecule has 0 spiro atoms. The molecular formula is C42H77NO7. The summed E-state index contributed by atoms with van der Waals surface area (Å²) in [6, 6.07) is -0.721. The van der Waals surface area contributed by atoms with Crippen molar-refractivity contribution >= 4 is 17.9 Å². The summed E-state index contributed by atoms with van der Waals surface area (Å²) in [4.78, 5) is 36.4. The lowest BCUT2D eigenvalue weighted by Gasteiger charge is -2.34. The molecule has 0 aliphatic rings. The summed E-state index contributed by atoms with van der Waals surface area (Å²) in [7, 11) is 5.39. The van der Waals surface area contributed by atoms with E-state index in [2.05, 4.69) is 38.2 Å². The smallest absolute Gasteiger partial charge is 0.306 e. The van der Waals surface area contributed by atoms with Gasteiger partial charge in [0.2, 0.25) is 0 Å². The van der Waals surface area contributed by atoms with E-state index < -0.39 is 18.1 Å². The Bertz CT molecular complexity index is 880. The van der Waals surface area contributed by atoms with Gasteiger partial charge in [0.15, 0.2) is 6.10 Å². The van der Waals surface area contributed by atoms with E-state index >= 15 is 0 Å². The van der Waals surface area contributed by atoms with Crippen LogP contribution in [-0.2, 0) is 28.6 Å². The van der Waals surface area contributed by atoms with Gasteiger partial charge in [-0.3, -0.25) is 9.59 Å². The van der Waals surface area contributed by atoms with Crippen molar-refractivity contribution < 1.29 is 38.2 Å². The molecule has 0 aromatic heterocycles. The molecule has 8 nitrogen and oxygen atoms in total. The predicted molar refractivity (Wildman–Crippen MR) is 204 cm³/mol. The number of carboxylic acids is 1. The molecule has 50 heavy (non-hydrogen) atoms. The number of ether oxygens (including phenoxy) is 3. The molecule has 0 bridgehead atoms. The van der Waals surface area contributed by atoms with Crippen LogP contribution in [0.5, 0.6) is 0 Å². The average molecular weight is 708 g/mol. The summed E-state index contributed by atoms with van der Waals surface area (Å²) in [5, 5.41) is 11.5. The first kappa shape index (κ1) is 47.8. The fraction of sp³-hybridized carbons (Fsp3) is 0.833. The lowest BCUT2D eigenvalue weighted by molar-refractivity contribution is -0.889. The fourth-order valence-electron chi connectivity index (χ4n) is 5.86. The highest BCUT2D eigenvalue weighted by molar-refractivity contribution is 5.70. The molecule has 0 saturated heterocycles. The van der Waals surface area contributed by atoms with E-state index in [0.717, 1.165) is 57.8 Å². The minimum atomic E-state index is -1.13. The fourth-order valence-corrected chi connectivity index (χ4v) is 5.86. The zero-order valence-electron chi connectivity index (χ0n) is 33.1. The highest BCUT2D eigenvalue weighted by Crippen LogP contribution is 2.14. The predicted octanol–water partition coefficient (Wildman–Crippen LogP) is 9.19. The number of aliphatic carboxylic acids is 1. The number of likely N-dealkylation sites (N-methyl/N-ethyl adjacent to an activating group) is 1. The van der Waals surface area contributed by atoms with Crippen LogP contribution < -0.4 is 5.11 Å². The van der Waals surface area contributed by atoms with Crippen LogP contribution in [0.4, 0.5) is 0 Å². The van der Waals surface area contributed by atoms with Crippen molar-refractivity contribution in [2.24, 2.45) is 0 Å². The molecule has 0 rings (SSSR count). The third-order valence-corrected chi connectivity index (χ3v) is 9.09. The Hall–Kier alpha value is -2.19. The van der Waals surface area contributed by atoms with Crippen LogP contribution in [-0.4, -0.2) is 75.5 Å². The van der Waals surface area contributed by atoms with Gasteiger partial charge in [-0.15, -0.1) is 0 Å². The van der Waals surface area contributed by atoms with E-state index in [4.69, 9.17) is 14.2 Å². The molecule has 0 amide bonds. The minimum Gasteiger partial charge on any atom is -0.544 e. The Balaban J connectivity index is 4.16. The van der Waals surface area contributed by atoms with Crippen LogP contribution in [0.3, 0.4) is 0 Å². The number of hydrogen-bond acceptors (Lipinski definition) is 7. The Morgan fingerprint density at radius 1 is 0.600 bits per heavy atom. The molecule has 0 aliphatic heterocycles. The third kappa shape index (κ3) is 31.8. The lowest BCUT2D eigenvalue weighted by atomic mass is 10.1. The number of hydrogen-bond donors (Lipinski definition) is 0. The number of carboxylic acid groups (broad SMARTS) is 1. The van der Waals surface area contributed by atoms with E-state index in [9.17, 15) is 19.5 Å². The number of carbonyl (C=O) groups is 3. The molecule has 0 aromatic rings. The van der Waals surface area contributed by atoms with Crippen LogP contribution >= 0.6 is 0 Å². The molecule has 292 valence electrons. The Labute approximate surface area is 307 Å². The first-order valence-corrected chi connectivity index (χ1v) is 20.4. The number of unbranched alkanes of at least 4 members (excludes halogenated alkanes) is 18. The third-order valence-electron chi connectivity index (χ3n) is 9.09. The van der Waals surface area contributed by atoms with Crippen molar-refractivity contribution in [2.75, 3.05) is 41.0 Å². The van der Waals surface area contributed by atoms with Crippen molar-refractivity contribution in [3.8, 4) is 0 Å². The standard InChI is InChI=1S/C42H77NO7/c1-6-8-10-12-13-14-15-16-17-18-19-20-21-22-23-24-25-26-27-29-31-33-41(45)50-38(37-49-40(44)32-30-28-11-9-7-2)36-48-35-34-39(42(46)47)43(3,4)5/h15-16,18-19,38-39H,6-14,17,20-37H2,1-5H3/b16-15-,19-18-. The van der Waals surface area contributed by atoms with Crippen molar-refractivity contribution in [3.63, 3.8) is 0 Å². The topological polar surface area (TPSA) is 102 Å². The molecule has 2 unspecified atom stereocenters. The van der Waals surface area contributed by atoms with Gasteiger partial charge in [-0.2, -0.15) is 0 Å². The monoisotopic (exact) mass is 708 g/mol.